The Hall–Kier alpha value is -3.12. The van der Waals surface area contributed by atoms with Crippen LogP contribution in [-0.2, 0) is 9.59 Å². The standard InChI is InChI=1S/C20H17ClN2O4/c1-2-11-27-14-9-7-13(8-10-14)12-15-18(24)22-20(26)23(19(15)25)17-6-4-3-5-16(17)21/h3-10,12H,2,11H2,1H3,(H,22,24,26). The first-order chi connectivity index (χ1) is 13.0. The van der Waals surface area contributed by atoms with E-state index in [1.165, 1.54) is 12.1 Å². The van der Waals surface area contributed by atoms with Gasteiger partial charge in [0, 0.05) is 0 Å². The molecule has 2 aromatic rings. The number of para-hydroxylation sites is 1. The maximum absolute atomic E-state index is 12.8. The summed E-state index contributed by atoms with van der Waals surface area (Å²) in [6.45, 7) is 2.62. The van der Waals surface area contributed by atoms with Crippen molar-refractivity contribution in [2.24, 2.45) is 0 Å². The quantitative estimate of drug-likeness (QED) is 0.628. The van der Waals surface area contributed by atoms with Gasteiger partial charge in [-0.15, -0.1) is 0 Å². The Kier molecular flexibility index (Phi) is 5.57. The molecule has 0 atom stereocenters. The number of rotatable bonds is 5. The van der Waals surface area contributed by atoms with Crippen molar-refractivity contribution in [2.45, 2.75) is 13.3 Å². The smallest absolute Gasteiger partial charge is 0.335 e. The summed E-state index contributed by atoms with van der Waals surface area (Å²) in [7, 11) is 0. The Balaban J connectivity index is 1.91. The lowest BCUT2D eigenvalue weighted by Gasteiger charge is -2.27. The van der Waals surface area contributed by atoms with E-state index in [4.69, 9.17) is 16.3 Å². The van der Waals surface area contributed by atoms with Crippen molar-refractivity contribution in [1.29, 1.82) is 0 Å². The lowest BCUT2D eigenvalue weighted by Crippen LogP contribution is -2.54. The van der Waals surface area contributed by atoms with Gasteiger partial charge in [0.1, 0.15) is 11.3 Å². The average Bonchev–Trinajstić information content (AvgIpc) is 2.66. The highest BCUT2D eigenvalue weighted by Gasteiger charge is 2.37. The van der Waals surface area contributed by atoms with Crippen molar-refractivity contribution in [3.8, 4) is 5.75 Å². The fourth-order valence-electron chi connectivity index (χ4n) is 2.56. The molecule has 0 bridgehead atoms. The molecule has 7 heteroatoms. The molecular formula is C20H17ClN2O4. The van der Waals surface area contributed by atoms with Gasteiger partial charge in [-0.3, -0.25) is 14.9 Å². The maximum Gasteiger partial charge on any atom is 0.335 e. The number of amides is 4. The fourth-order valence-corrected chi connectivity index (χ4v) is 2.78. The van der Waals surface area contributed by atoms with Gasteiger partial charge in [0.2, 0.25) is 0 Å². The van der Waals surface area contributed by atoms with Crippen LogP contribution in [0, 0.1) is 0 Å². The molecule has 1 heterocycles. The second kappa shape index (κ2) is 8.05. The van der Waals surface area contributed by atoms with Crippen molar-refractivity contribution in [1.82, 2.24) is 5.32 Å². The Labute approximate surface area is 161 Å². The summed E-state index contributed by atoms with van der Waals surface area (Å²) in [6.07, 6.45) is 2.32. The molecular weight excluding hydrogens is 368 g/mol. The maximum atomic E-state index is 12.8. The summed E-state index contributed by atoms with van der Waals surface area (Å²) in [5.74, 6) is -0.783. The highest BCUT2D eigenvalue weighted by molar-refractivity contribution is 6.42. The first-order valence-corrected chi connectivity index (χ1v) is 8.78. The third-order valence-electron chi connectivity index (χ3n) is 3.86. The lowest BCUT2D eigenvalue weighted by molar-refractivity contribution is -0.122. The number of nitrogens with zero attached hydrogens (tertiary/aromatic N) is 1. The molecule has 3 rings (SSSR count). The molecule has 6 nitrogen and oxygen atoms in total. The molecule has 0 aliphatic carbocycles. The van der Waals surface area contributed by atoms with Gasteiger partial charge in [-0.1, -0.05) is 42.8 Å². The molecule has 0 radical (unpaired) electrons. The molecule has 1 N–H and O–H groups in total. The number of hydrogen-bond donors (Lipinski definition) is 1. The van der Waals surface area contributed by atoms with Gasteiger partial charge in [0.25, 0.3) is 11.8 Å². The number of halogens is 1. The summed E-state index contributed by atoms with van der Waals surface area (Å²) < 4.78 is 5.51. The van der Waals surface area contributed by atoms with Gasteiger partial charge < -0.3 is 4.74 Å². The van der Waals surface area contributed by atoms with E-state index in [0.717, 1.165) is 11.3 Å². The normalized spacial score (nSPS) is 15.9. The van der Waals surface area contributed by atoms with Gasteiger partial charge in [0.05, 0.1) is 17.3 Å². The third kappa shape index (κ3) is 4.01. The van der Waals surface area contributed by atoms with Crippen LogP contribution in [0.5, 0.6) is 5.75 Å². The lowest BCUT2D eigenvalue weighted by atomic mass is 10.1. The SMILES string of the molecule is CCCOc1ccc(C=C2C(=O)NC(=O)N(c3ccccc3Cl)C2=O)cc1. The van der Waals surface area contributed by atoms with Gasteiger partial charge in [-0.2, -0.15) is 0 Å². The minimum Gasteiger partial charge on any atom is -0.494 e. The van der Waals surface area contributed by atoms with Crippen molar-refractivity contribution >= 4 is 41.2 Å². The van der Waals surface area contributed by atoms with Crippen LogP contribution in [0.25, 0.3) is 6.08 Å². The topological polar surface area (TPSA) is 75.7 Å². The largest absolute Gasteiger partial charge is 0.494 e. The molecule has 0 spiro atoms. The molecule has 138 valence electrons. The zero-order valence-electron chi connectivity index (χ0n) is 14.6. The predicted molar refractivity (Wildman–Crippen MR) is 103 cm³/mol. The zero-order valence-corrected chi connectivity index (χ0v) is 15.3. The molecule has 0 unspecified atom stereocenters. The van der Waals surface area contributed by atoms with Gasteiger partial charge >= 0.3 is 6.03 Å². The number of barbiturate groups is 1. The van der Waals surface area contributed by atoms with Gasteiger partial charge in [0.15, 0.2) is 0 Å². The molecule has 0 aromatic heterocycles. The van der Waals surface area contributed by atoms with E-state index in [2.05, 4.69) is 5.32 Å². The van der Waals surface area contributed by atoms with Gasteiger partial charge in [-0.05, 0) is 42.3 Å². The number of carbonyl (C=O) groups is 3. The minimum absolute atomic E-state index is 0.156. The zero-order chi connectivity index (χ0) is 19.4. The summed E-state index contributed by atoms with van der Waals surface area (Å²) in [6, 6.07) is 12.6. The van der Waals surface area contributed by atoms with Crippen molar-refractivity contribution < 1.29 is 19.1 Å². The Morgan fingerprint density at radius 1 is 1.07 bits per heavy atom. The average molecular weight is 385 g/mol. The fraction of sp³-hybridized carbons (Fsp3) is 0.150. The molecule has 1 fully saturated rings. The van der Waals surface area contributed by atoms with Crippen LogP contribution in [-0.4, -0.2) is 24.5 Å². The van der Waals surface area contributed by atoms with Crippen LogP contribution in [0.1, 0.15) is 18.9 Å². The summed E-state index contributed by atoms with van der Waals surface area (Å²) in [5, 5.41) is 2.40. The Morgan fingerprint density at radius 3 is 2.44 bits per heavy atom. The highest BCUT2D eigenvalue weighted by atomic mass is 35.5. The van der Waals surface area contributed by atoms with Gasteiger partial charge in [-0.25, -0.2) is 9.69 Å². The Bertz CT molecular complexity index is 922. The summed E-state index contributed by atoms with van der Waals surface area (Å²) >= 11 is 6.10. The van der Waals surface area contributed by atoms with Crippen LogP contribution in [0.4, 0.5) is 10.5 Å². The van der Waals surface area contributed by atoms with E-state index in [0.29, 0.717) is 17.9 Å². The minimum atomic E-state index is -0.835. The van der Waals surface area contributed by atoms with E-state index in [1.54, 1.807) is 42.5 Å². The first kappa shape index (κ1) is 18.7. The van der Waals surface area contributed by atoms with E-state index in [-0.39, 0.29) is 16.3 Å². The second-order valence-electron chi connectivity index (χ2n) is 5.83. The van der Waals surface area contributed by atoms with Crippen molar-refractivity contribution in [3.63, 3.8) is 0 Å². The number of hydrogen-bond acceptors (Lipinski definition) is 4. The van der Waals surface area contributed by atoms with Crippen LogP contribution in [0.3, 0.4) is 0 Å². The van der Waals surface area contributed by atoms with Crippen LogP contribution in [0.2, 0.25) is 5.02 Å². The van der Waals surface area contributed by atoms with E-state index in [9.17, 15) is 14.4 Å². The van der Waals surface area contributed by atoms with Crippen LogP contribution >= 0.6 is 11.6 Å². The second-order valence-corrected chi connectivity index (χ2v) is 6.23. The number of nitrogens with one attached hydrogen (secondary N) is 1. The Morgan fingerprint density at radius 2 is 1.78 bits per heavy atom. The number of imide groups is 2. The van der Waals surface area contributed by atoms with Crippen LogP contribution < -0.4 is 15.0 Å². The molecule has 4 amide bonds. The number of carbonyl (C=O) groups excluding carboxylic acids is 3. The number of anilines is 1. The van der Waals surface area contributed by atoms with Crippen LogP contribution in [0.15, 0.2) is 54.1 Å². The monoisotopic (exact) mass is 384 g/mol. The number of benzene rings is 2. The molecule has 1 saturated heterocycles. The van der Waals surface area contributed by atoms with E-state index < -0.39 is 17.8 Å². The molecule has 0 saturated carbocycles. The van der Waals surface area contributed by atoms with E-state index >= 15 is 0 Å². The number of urea groups is 1. The third-order valence-corrected chi connectivity index (χ3v) is 4.18. The predicted octanol–water partition coefficient (Wildman–Crippen LogP) is 3.80. The first-order valence-electron chi connectivity index (χ1n) is 8.40. The summed E-state index contributed by atoms with van der Waals surface area (Å²) in [5.41, 5.74) is 0.686. The summed E-state index contributed by atoms with van der Waals surface area (Å²) in [4.78, 5) is 38.0. The number of ether oxygens (including phenoxy) is 1. The van der Waals surface area contributed by atoms with Crippen molar-refractivity contribution in [2.75, 3.05) is 11.5 Å². The molecule has 1 aliphatic rings. The molecule has 2 aromatic carbocycles. The van der Waals surface area contributed by atoms with Crippen molar-refractivity contribution in [3.05, 3.63) is 64.7 Å². The van der Waals surface area contributed by atoms with E-state index in [1.807, 2.05) is 6.92 Å². The highest BCUT2D eigenvalue weighted by Crippen LogP contribution is 2.28. The molecule has 27 heavy (non-hydrogen) atoms. The molecule has 1 aliphatic heterocycles.